The molecule has 1 atom stereocenters. The quantitative estimate of drug-likeness (QED) is 0.743. The number of hydrogen-bond acceptors (Lipinski definition) is 4. The SMILES string of the molecule is O=C(c1ccc(-n2cncn2)cc1)N1CCC[C@H]1c1ccsc1. The number of thiophene rings is 1. The molecule has 2 aromatic heterocycles. The van der Waals surface area contributed by atoms with Crippen molar-refractivity contribution in [1.29, 1.82) is 0 Å². The Hall–Kier alpha value is -2.47. The molecule has 0 bridgehead atoms. The molecule has 1 amide bonds. The molecule has 1 aliphatic rings. The fraction of sp³-hybridized carbons (Fsp3) is 0.235. The van der Waals surface area contributed by atoms with Gasteiger partial charge >= 0.3 is 0 Å². The summed E-state index contributed by atoms with van der Waals surface area (Å²) in [6.45, 7) is 0.824. The summed E-state index contributed by atoms with van der Waals surface area (Å²) in [7, 11) is 0. The molecular weight excluding hydrogens is 308 g/mol. The molecule has 0 spiro atoms. The van der Waals surface area contributed by atoms with E-state index in [-0.39, 0.29) is 11.9 Å². The highest BCUT2D eigenvalue weighted by Crippen LogP contribution is 2.34. The summed E-state index contributed by atoms with van der Waals surface area (Å²) in [6.07, 6.45) is 5.24. The molecule has 1 saturated heterocycles. The van der Waals surface area contributed by atoms with Crippen molar-refractivity contribution >= 4 is 17.2 Å². The van der Waals surface area contributed by atoms with Crippen molar-refractivity contribution in [3.05, 3.63) is 64.9 Å². The molecule has 1 aromatic carbocycles. The molecule has 23 heavy (non-hydrogen) atoms. The highest BCUT2D eigenvalue weighted by molar-refractivity contribution is 7.08. The van der Waals surface area contributed by atoms with Gasteiger partial charge in [-0.1, -0.05) is 0 Å². The molecule has 0 aliphatic carbocycles. The van der Waals surface area contributed by atoms with E-state index in [1.54, 1.807) is 22.3 Å². The van der Waals surface area contributed by atoms with Crippen LogP contribution in [0.1, 0.15) is 34.8 Å². The Bertz CT molecular complexity index is 781. The van der Waals surface area contributed by atoms with E-state index in [1.165, 1.54) is 11.9 Å². The van der Waals surface area contributed by atoms with Crippen LogP contribution in [0.5, 0.6) is 0 Å². The van der Waals surface area contributed by atoms with Gasteiger partial charge in [0.1, 0.15) is 12.7 Å². The van der Waals surface area contributed by atoms with Gasteiger partial charge in [0.2, 0.25) is 0 Å². The highest BCUT2D eigenvalue weighted by atomic mass is 32.1. The van der Waals surface area contributed by atoms with Gasteiger partial charge in [-0.2, -0.15) is 16.4 Å². The van der Waals surface area contributed by atoms with E-state index in [2.05, 4.69) is 26.9 Å². The molecule has 0 unspecified atom stereocenters. The van der Waals surface area contributed by atoms with E-state index in [1.807, 2.05) is 29.2 Å². The van der Waals surface area contributed by atoms with E-state index in [4.69, 9.17) is 0 Å². The predicted octanol–water partition coefficient (Wildman–Crippen LogP) is 3.31. The fourth-order valence-corrected chi connectivity index (χ4v) is 3.79. The van der Waals surface area contributed by atoms with Crippen LogP contribution in [-0.4, -0.2) is 32.1 Å². The lowest BCUT2D eigenvalue weighted by Crippen LogP contribution is -2.30. The summed E-state index contributed by atoms with van der Waals surface area (Å²) in [5, 5.41) is 8.31. The maximum absolute atomic E-state index is 12.8. The molecule has 0 N–H and O–H groups in total. The smallest absolute Gasteiger partial charge is 0.254 e. The average Bonchev–Trinajstić information content (AvgIpc) is 3.35. The second kappa shape index (κ2) is 5.96. The van der Waals surface area contributed by atoms with Gasteiger partial charge in [0.05, 0.1) is 11.7 Å². The Morgan fingerprint density at radius 3 is 2.78 bits per heavy atom. The molecule has 1 aliphatic heterocycles. The van der Waals surface area contributed by atoms with Crippen LogP contribution in [0, 0.1) is 0 Å². The molecule has 4 rings (SSSR count). The first-order valence-electron chi connectivity index (χ1n) is 7.61. The molecule has 1 fully saturated rings. The van der Waals surface area contributed by atoms with Crippen LogP contribution < -0.4 is 0 Å². The Labute approximate surface area is 138 Å². The first-order valence-corrected chi connectivity index (χ1v) is 8.55. The van der Waals surface area contributed by atoms with Crippen molar-refractivity contribution < 1.29 is 4.79 Å². The fourth-order valence-electron chi connectivity index (χ4n) is 3.09. The minimum Gasteiger partial charge on any atom is -0.332 e. The summed E-state index contributed by atoms with van der Waals surface area (Å²) in [4.78, 5) is 18.8. The number of benzene rings is 1. The minimum absolute atomic E-state index is 0.101. The lowest BCUT2D eigenvalue weighted by atomic mass is 10.1. The molecule has 0 saturated carbocycles. The van der Waals surface area contributed by atoms with Crippen molar-refractivity contribution in [2.75, 3.05) is 6.54 Å². The summed E-state index contributed by atoms with van der Waals surface area (Å²) >= 11 is 1.68. The standard InChI is InChI=1S/C17H16N4OS/c22-17(20-8-1-2-16(20)14-7-9-23-10-14)13-3-5-15(6-4-13)21-12-18-11-19-21/h3-7,9-12,16H,1-2,8H2/t16-/m0/s1. The van der Waals surface area contributed by atoms with Gasteiger partial charge in [0, 0.05) is 12.1 Å². The zero-order valence-corrected chi connectivity index (χ0v) is 13.3. The van der Waals surface area contributed by atoms with E-state index < -0.39 is 0 Å². The topological polar surface area (TPSA) is 51.0 Å². The van der Waals surface area contributed by atoms with Crippen molar-refractivity contribution in [1.82, 2.24) is 19.7 Å². The monoisotopic (exact) mass is 324 g/mol. The van der Waals surface area contributed by atoms with E-state index in [0.717, 1.165) is 30.6 Å². The summed E-state index contributed by atoms with van der Waals surface area (Å²) in [6, 6.07) is 9.86. The van der Waals surface area contributed by atoms with Crippen LogP contribution in [0.3, 0.4) is 0 Å². The largest absolute Gasteiger partial charge is 0.332 e. The first kappa shape index (κ1) is 14.1. The Morgan fingerprint density at radius 2 is 2.09 bits per heavy atom. The summed E-state index contributed by atoms with van der Waals surface area (Å²) in [5.41, 5.74) is 2.87. The number of amides is 1. The van der Waals surface area contributed by atoms with Gasteiger partial charge < -0.3 is 4.90 Å². The van der Waals surface area contributed by atoms with E-state index >= 15 is 0 Å². The van der Waals surface area contributed by atoms with Crippen molar-refractivity contribution in [2.45, 2.75) is 18.9 Å². The average molecular weight is 324 g/mol. The van der Waals surface area contributed by atoms with Gasteiger partial charge in [-0.15, -0.1) is 0 Å². The van der Waals surface area contributed by atoms with Crippen LogP contribution >= 0.6 is 11.3 Å². The Morgan fingerprint density at radius 1 is 1.22 bits per heavy atom. The van der Waals surface area contributed by atoms with Crippen LogP contribution in [0.4, 0.5) is 0 Å². The van der Waals surface area contributed by atoms with Gasteiger partial charge in [-0.05, 0) is 59.5 Å². The minimum atomic E-state index is 0.101. The molecule has 0 radical (unpaired) electrons. The number of carbonyl (C=O) groups is 1. The van der Waals surface area contributed by atoms with Gasteiger partial charge in [-0.3, -0.25) is 4.79 Å². The van der Waals surface area contributed by atoms with Crippen molar-refractivity contribution in [2.24, 2.45) is 0 Å². The maximum atomic E-state index is 12.8. The number of nitrogens with zero attached hydrogens (tertiary/aromatic N) is 4. The number of aromatic nitrogens is 3. The van der Waals surface area contributed by atoms with Crippen LogP contribution in [0.2, 0.25) is 0 Å². The number of hydrogen-bond donors (Lipinski definition) is 0. The highest BCUT2D eigenvalue weighted by Gasteiger charge is 2.30. The molecule has 5 nitrogen and oxygen atoms in total. The normalized spacial score (nSPS) is 17.6. The van der Waals surface area contributed by atoms with E-state index in [0.29, 0.717) is 0 Å². The van der Waals surface area contributed by atoms with Gasteiger partial charge in [-0.25, -0.2) is 9.67 Å². The Balaban J connectivity index is 1.56. The lowest BCUT2D eigenvalue weighted by Gasteiger charge is -2.24. The summed E-state index contributed by atoms with van der Waals surface area (Å²) in [5.74, 6) is 0.101. The third-order valence-electron chi connectivity index (χ3n) is 4.24. The lowest BCUT2D eigenvalue weighted by molar-refractivity contribution is 0.0736. The molecule has 3 heterocycles. The number of carbonyl (C=O) groups excluding carboxylic acids is 1. The second-order valence-electron chi connectivity index (χ2n) is 5.60. The second-order valence-corrected chi connectivity index (χ2v) is 6.38. The van der Waals surface area contributed by atoms with Crippen LogP contribution in [0.25, 0.3) is 5.69 Å². The number of rotatable bonds is 3. The molecular formula is C17H16N4OS. The molecule has 116 valence electrons. The van der Waals surface area contributed by atoms with Crippen molar-refractivity contribution in [3.8, 4) is 5.69 Å². The van der Waals surface area contributed by atoms with E-state index in [9.17, 15) is 4.79 Å². The molecule has 6 heteroatoms. The first-order chi connectivity index (χ1) is 11.3. The zero-order chi connectivity index (χ0) is 15.6. The van der Waals surface area contributed by atoms with Crippen LogP contribution in [-0.2, 0) is 0 Å². The third-order valence-corrected chi connectivity index (χ3v) is 4.94. The molecule has 3 aromatic rings. The van der Waals surface area contributed by atoms with Crippen molar-refractivity contribution in [3.63, 3.8) is 0 Å². The van der Waals surface area contributed by atoms with Gasteiger partial charge in [0.25, 0.3) is 5.91 Å². The third kappa shape index (κ3) is 2.66. The van der Waals surface area contributed by atoms with Crippen LogP contribution in [0.15, 0.2) is 53.7 Å². The number of likely N-dealkylation sites (tertiary alicyclic amines) is 1. The van der Waals surface area contributed by atoms with Gasteiger partial charge in [0.15, 0.2) is 0 Å². The Kier molecular flexibility index (Phi) is 3.67. The zero-order valence-electron chi connectivity index (χ0n) is 12.5. The summed E-state index contributed by atoms with van der Waals surface area (Å²) < 4.78 is 1.68. The predicted molar refractivity (Wildman–Crippen MR) is 88.7 cm³/mol. The maximum Gasteiger partial charge on any atom is 0.254 e.